The summed E-state index contributed by atoms with van der Waals surface area (Å²) in [7, 11) is 0. The molecule has 0 spiro atoms. The van der Waals surface area contributed by atoms with E-state index < -0.39 is 0 Å². The Labute approximate surface area is 77.4 Å². The van der Waals surface area contributed by atoms with Gasteiger partial charge in [0.15, 0.2) is 6.33 Å². The van der Waals surface area contributed by atoms with Gasteiger partial charge in [0.1, 0.15) is 0 Å². The first kappa shape index (κ1) is 10.1. The highest BCUT2D eigenvalue weighted by Crippen LogP contribution is 2.00. The molecular weight excluding hydrogens is 170 g/mol. The summed E-state index contributed by atoms with van der Waals surface area (Å²) >= 11 is 0. The average Bonchev–Trinajstić information content (AvgIpc) is 2.64. The van der Waals surface area contributed by atoms with Gasteiger partial charge in [-0.15, -0.1) is 0 Å². The van der Waals surface area contributed by atoms with Crippen molar-refractivity contribution in [1.82, 2.24) is 15.0 Å². The number of hydrogen-bond donors (Lipinski definition) is 1. The van der Waals surface area contributed by atoms with Crippen LogP contribution < -0.4 is 0 Å². The zero-order valence-electron chi connectivity index (χ0n) is 7.81. The van der Waals surface area contributed by atoms with Crippen LogP contribution in [0.1, 0.15) is 19.2 Å². The standard InChI is InChI=1S/C8H15N3O2/c1-2-11(4-3-5-12)6-8-9-7-10-13-8/h7,12H,2-6H2,1H3. The second-order valence-corrected chi connectivity index (χ2v) is 2.78. The van der Waals surface area contributed by atoms with Crippen molar-refractivity contribution in [1.29, 1.82) is 0 Å². The molecule has 0 saturated heterocycles. The van der Waals surface area contributed by atoms with Crippen molar-refractivity contribution < 1.29 is 9.63 Å². The number of nitrogens with zero attached hydrogens (tertiary/aromatic N) is 3. The van der Waals surface area contributed by atoms with Crippen LogP contribution in [0.2, 0.25) is 0 Å². The molecule has 0 aliphatic heterocycles. The fraction of sp³-hybridized carbons (Fsp3) is 0.750. The molecule has 1 aromatic rings. The van der Waals surface area contributed by atoms with Crippen LogP contribution in [0.4, 0.5) is 0 Å². The Bertz CT molecular complexity index is 213. The van der Waals surface area contributed by atoms with E-state index in [1.165, 1.54) is 6.33 Å². The first-order valence-corrected chi connectivity index (χ1v) is 4.45. The number of aromatic nitrogens is 2. The minimum Gasteiger partial charge on any atom is -0.396 e. The Morgan fingerprint density at radius 2 is 2.46 bits per heavy atom. The fourth-order valence-electron chi connectivity index (χ4n) is 1.10. The van der Waals surface area contributed by atoms with Gasteiger partial charge in [-0.1, -0.05) is 12.1 Å². The number of aliphatic hydroxyl groups excluding tert-OH is 1. The van der Waals surface area contributed by atoms with Crippen LogP contribution in [-0.4, -0.2) is 39.8 Å². The van der Waals surface area contributed by atoms with Crippen molar-refractivity contribution in [2.24, 2.45) is 0 Å². The molecule has 1 N–H and O–H groups in total. The monoisotopic (exact) mass is 185 g/mol. The predicted molar refractivity (Wildman–Crippen MR) is 47.0 cm³/mol. The first-order chi connectivity index (χ1) is 6.36. The van der Waals surface area contributed by atoms with Gasteiger partial charge < -0.3 is 9.63 Å². The minimum atomic E-state index is 0.223. The molecule has 1 aromatic heterocycles. The predicted octanol–water partition coefficient (Wildman–Crippen LogP) is 0.274. The molecule has 1 heterocycles. The lowest BCUT2D eigenvalue weighted by Crippen LogP contribution is -2.24. The molecule has 74 valence electrons. The van der Waals surface area contributed by atoms with Crippen molar-refractivity contribution in [3.63, 3.8) is 0 Å². The molecule has 0 saturated carbocycles. The Morgan fingerprint density at radius 3 is 3.00 bits per heavy atom. The van der Waals surface area contributed by atoms with Gasteiger partial charge in [-0.3, -0.25) is 4.90 Å². The maximum absolute atomic E-state index is 8.66. The van der Waals surface area contributed by atoms with Crippen LogP contribution >= 0.6 is 0 Å². The van der Waals surface area contributed by atoms with E-state index in [0.717, 1.165) is 19.5 Å². The number of hydrogen-bond acceptors (Lipinski definition) is 5. The second-order valence-electron chi connectivity index (χ2n) is 2.78. The zero-order chi connectivity index (χ0) is 9.52. The van der Waals surface area contributed by atoms with Crippen LogP contribution in [0.5, 0.6) is 0 Å². The van der Waals surface area contributed by atoms with Crippen LogP contribution in [-0.2, 0) is 6.54 Å². The van der Waals surface area contributed by atoms with Crippen LogP contribution in [0.3, 0.4) is 0 Å². The Morgan fingerprint density at radius 1 is 1.62 bits per heavy atom. The summed E-state index contributed by atoms with van der Waals surface area (Å²) in [6.45, 7) is 4.72. The van der Waals surface area contributed by atoms with Gasteiger partial charge in [-0.25, -0.2) is 0 Å². The van der Waals surface area contributed by atoms with E-state index in [1.807, 2.05) is 0 Å². The average molecular weight is 185 g/mol. The molecule has 0 unspecified atom stereocenters. The number of rotatable bonds is 6. The Kier molecular flexibility index (Phi) is 4.42. The lowest BCUT2D eigenvalue weighted by atomic mass is 10.4. The van der Waals surface area contributed by atoms with Gasteiger partial charge in [-0.2, -0.15) is 4.98 Å². The van der Waals surface area contributed by atoms with Crippen molar-refractivity contribution >= 4 is 0 Å². The van der Waals surface area contributed by atoms with Crippen molar-refractivity contribution in [2.75, 3.05) is 19.7 Å². The summed E-state index contributed by atoms with van der Waals surface area (Å²) in [5, 5.41) is 12.2. The van der Waals surface area contributed by atoms with Crippen LogP contribution in [0.15, 0.2) is 10.9 Å². The topological polar surface area (TPSA) is 62.4 Å². The molecular formula is C8H15N3O2. The molecule has 0 aromatic carbocycles. The Balaban J connectivity index is 2.31. The number of aliphatic hydroxyl groups is 1. The van der Waals surface area contributed by atoms with E-state index in [0.29, 0.717) is 12.4 Å². The second kappa shape index (κ2) is 5.66. The summed E-state index contributed by atoms with van der Waals surface area (Å²) in [6, 6.07) is 0. The molecule has 0 atom stereocenters. The highest BCUT2D eigenvalue weighted by molar-refractivity contribution is 4.74. The SMILES string of the molecule is CCN(CCCO)Cc1ncno1. The molecule has 0 aliphatic rings. The lowest BCUT2D eigenvalue weighted by molar-refractivity contribution is 0.205. The summed E-state index contributed by atoms with van der Waals surface area (Å²) in [5.74, 6) is 0.625. The fourth-order valence-corrected chi connectivity index (χ4v) is 1.10. The molecule has 0 amide bonds. The smallest absolute Gasteiger partial charge is 0.240 e. The van der Waals surface area contributed by atoms with Gasteiger partial charge in [-0.05, 0) is 13.0 Å². The maximum Gasteiger partial charge on any atom is 0.240 e. The highest BCUT2D eigenvalue weighted by Gasteiger charge is 2.06. The van der Waals surface area contributed by atoms with E-state index in [9.17, 15) is 0 Å². The quantitative estimate of drug-likeness (QED) is 0.689. The molecule has 0 radical (unpaired) electrons. The van der Waals surface area contributed by atoms with E-state index in [-0.39, 0.29) is 6.61 Å². The van der Waals surface area contributed by atoms with E-state index >= 15 is 0 Å². The van der Waals surface area contributed by atoms with Gasteiger partial charge in [0.2, 0.25) is 5.89 Å². The third-order valence-electron chi connectivity index (χ3n) is 1.85. The van der Waals surface area contributed by atoms with Gasteiger partial charge in [0.05, 0.1) is 6.54 Å². The third-order valence-corrected chi connectivity index (χ3v) is 1.85. The summed E-state index contributed by atoms with van der Waals surface area (Å²) in [6.07, 6.45) is 2.18. The Hall–Kier alpha value is -0.940. The minimum absolute atomic E-state index is 0.223. The van der Waals surface area contributed by atoms with Crippen LogP contribution in [0.25, 0.3) is 0 Å². The summed E-state index contributed by atoms with van der Waals surface area (Å²) < 4.78 is 4.88. The van der Waals surface area contributed by atoms with E-state index in [1.54, 1.807) is 0 Å². The molecule has 13 heavy (non-hydrogen) atoms. The normalized spacial score (nSPS) is 11.0. The van der Waals surface area contributed by atoms with E-state index in [2.05, 4.69) is 22.0 Å². The summed E-state index contributed by atoms with van der Waals surface area (Å²) in [4.78, 5) is 6.07. The van der Waals surface area contributed by atoms with Gasteiger partial charge in [0.25, 0.3) is 0 Å². The largest absolute Gasteiger partial charge is 0.396 e. The molecule has 5 heteroatoms. The lowest BCUT2D eigenvalue weighted by Gasteiger charge is -2.16. The van der Waals surface area contributed by atoms with Crippen molar-refractivity contribution in [3.05, 3.63) is 12.2 Å². The molecule has 0 fully saturated rings. The van der Waals surface area contributed by atoms with Crippen molar-refractivity contribution in [3.8, 4) is 0 Å². The van der Waals surface area contributed by atoms with Crippen LogP contribution in [0, 0.1) is 0 Å². The molecule has 1 rings (SSSR count). The van der Waals surface area contributed by atoms with Crippen molar-refractivity contribution in [2.45, 2.75) is 19.9 Å². The third kappa shape index (κ3) is 3.52. The molecule has 0 bridgehead atoms. The summed E-state index contributed by atoms with van der Waals surface area (Å²) in [5.41, 5.74) is 0. The van der Waals surface area contributed by atoms with Gasteiger partial charge >= 0.3 is 0 Å². The molecule has 5 nitrogen and oxygen atoms in total. The van der Waals surface area contributed by atoms with E-state index in [4.69, 9.17) is 9.63 Å². The molecule has 0 aliphatic carbocycles. The highest BCUT2D eigenvalue weighted by atomic mass is 16.5. The van der Waals surface area contributed by atoms with Gasteiger partial charge in [0, 0.05) is 13.2 Å². The zero-order valence-corrected chi connectivity index (χ0v) is 7.81. The maximum atomic E-state index is 8.66. The first-order valence-electron chi connectivity index (χ1n) is 4.45.